The van der Waals surface area contributed by atoms with Crippen LogP contribution >= 0.6 is 11.3 Å². The van der Waals surface area contributed by atoms with Gasteiger partial charge in [-0.1, -0.05) is 59.9 Å². The van der Waals surface area contributed by atoms with Crippen molar-refractivity contribution < 1.29 is 13.9 Å². The highest BCUT2D eigenvalue weighted by Gasteiger charge is 2.55. The van der Waals surface area contributed by atoms with Crippen LogP contribution in [0.2, 0.25) is 0 Å². The van der Waals surface area contributed by atoms with Gasteiger partial charge >= 0.3 is 0 Å². The monoisotopic (exact) mass is 485 g/mol. The van der Waals surface area contributed by atoms with Gasteiger partial charge < -0.3 is 10.1 Å². The van der Waals surface area contributed by atoms with Gasteiger partial charge in [0.1, 0.15) is 17.5 Å². The van der Waals surface area contributed by atoms with Crippen LogP contribution in [0.5, 0.6) is 5.75 Å². The number of carbonyl (C=O) groups excluding carboxylic acids is 1. The second-order valence-corrected chi connectivity index (χ2v) is 9.71. The highest BCUT2D eigenvalue weighted by molar-refractivity contribution is 7.07. The first-order valence-corrected chi connectivity index (χ1v) is 12.0. The summed E-state index contributed by atoms with van der Waals surface area (Å²) in [6, 6.07) is 21.9. The van der Waals surface area contributed by atoms with Crippen LogP contribution in [0.25, 0.3) is 6.08 Å². The summed E-state index contributed by atoms with van der Waals surface area (Å²) in [6.45, 7) is 1.78. The van der Waals surface area contributed by atoms with E-state index in [2.05, 4.69) is 5.32 Å². The molecule has 0 saturated heterocycles. The molecule has 2 bridgehead atoms. The second kappa shape index (κ2) is 8.02. The second-order valence-electron chi connectivity index (χ2n) is 8.70. The van der Waals surface area contributed by atoms with Crippen LogP contribution in [0.15, 0.2) is 88.6 Å². The zero-order valence-corrected chi connectivity index (χ0v) is 19.5. The van der Waals surface area contributed by atoms with E-state index in [1.807, 2.05) is 54.6 Å². The first-order chi connectivity index (χ1) is 16.9. The van der Waals surface area contributed by atoms with Crippen molar-refractivity contribution in [3.63, 3.8) is 0 Å². The lowest BCUT2D eigenvalue weighted by Crippen LogP contribution is -2.59. The number of carbonyl (C=O) groups is 1. The minimum atomic E-state index is -1.21. The van der Waals surface area contributed by atoms with Crippen molar-refractivity contribution in [1.82, 2.24) is 4.57 Å². The maximum atomic E-state index is 13.7. The maximum Gasteiger partial charge on any atom is 0.270 e. The molecule has 0 fully saturated rings. The molecule has 0 saturated carbocycles. The van der Waals surface area contributed by atoms with Gasteiger partial charge in [0.25, 0.3) is 5.56 Å². The average Bonchev–Trinajstić information content (AvgIpc) is 3.14. The van der Waals surface area contributed by atoms with E-state index in [0.717, 1.165) is 5.56 Å². The third-order valence-electron chi connectivity index (χ3n) is 6.37. The maximum absolute atomic E-state index is 13.7. The van der Waals surface area contributed by atoms with Crippen molar-refractivity contribution >= 4 is 29.0 Å². The summed E-state index contributed by atoms with van der Waals surface area (Å²) in [6.07, 6.45) is 1.71. The quantitative estimate of drug-likeness (QED) is 0.483. The molecule has 174 valence electrons. The predicted octanol–water partition coefficient (Wildman–Crippen LogP) is 3.46. The Balaban J connectivity index is 1.54. The number of benzene rings is 3. The number of para-hydroxylation sites is 2. The van der Waals surface area contributed by atoms with Crippen LogP contribution in [-0.2, 0) is 4.79 Å². The van der Waals surface area contributed by atoms with Crippen LogP contribution in [-0.4, -0.2) is 16.2 Å². The molecule has 3 aromatic carbocycles. The Labute approximate surface area is 203 Å². The molecular weight excluding hydrogens is 465 g/mol. The van der Waals surface area contributed by atoms with E-state index in [-0.39, 0.29) is 17.3 Å². The molecule has 0 spiro atoms. The van der Waals surface area contributed by atoms with E-state index in [4.69, 9.17) is 9.73 Å². The van der Waals surface area contributed by atoms with Crippen LogP contribution in [0.3, 0.4) is 0 Å². The number of rotatable bonds is 3. The third-order valence-corrected chi connectivity index (χ3v) is 7.35. The number of halogens is 1. The third kappa shape index (κ3) is 3.57. The normalized spacial score (nSPS) is 22.4. The summed E-state index contributed by atoms with van der Waals surface area (Å²) in [5.74, 6) is -0.812. The van der Waals surface area contributed by atoms with E-state index in [1.54, 1.807) is 29.7 Å². The molecule has 35 heavy (non-hydrogen) atoms. The fourth-order valence-corrected chi connectivity index (χ4v) is 5.89. The van der Waals surface area contributed by atoms with Gasteiger partial charge in [-0.15, -0.1) is 0 Å². The van der Waals surface area contributed by atoms with E-state index in [0.29, 0.717) is 26.3 Å². The predicted molar refractivity (Wildman–Crippen MR) is 132 cm³/mol. The fraction of sp³-hybridized carbons (Fsp3) is 0.148. The number of nitrogens with zero attached hydrogens (tertiary/aromatic N) is 2. The molecule has 3 heterocycles. The molecule has 1 N–H and O–H groups in total. The van der Waals surface area contributed by atoms with Crippen molar-refractivity contribution in [1.29, 1.82) is 0 Å². The highest BCUT2D eigenvalue weighted by Crippen LogP contribution is 2.47. The lowest BCUT2D eigenvalue weighted by molar-refractivity contribution is -0.131. The van der Waals surface area contributed by atoms with Crippen LogP contribution < -0.4 is 24.9 Å². The smallest absolute Gasteiger partial charge is 0.270 e. The minimum Gasteiger partial charge on any atom is -0.465 e. The van der Waals surface area contributed by atoms with Crippen molar-refractivity contribution in [3.8, 4) is 5.75 Å². The Morgan fingerprint density at radius 1 is 1.09 bits per heavy atom. The van der Waals surface area contributed by atoms with Crippen LogP contribution in [0, 0.1) is 11.7 Å². The summed E-state index contributed by atoms with van der Waals surface area (Å²) in [5.41, 5.74) is 0.651. The SMILES string of the molecule is CC12N=c3sc(=Cc4ccc(F)cc4)c(=O)n3C(c3ccccc3O1)C2C(=O)Nc1ccccc1. The number of hydrogen-bond donors (Lipinski definition) is 1. The molecule has 2 aliphatic heterocycles. The molecule has 3 unspecified atom stereocenters. The van der Waals surface area contributed by atoms with Gasteiger partial charge in [-0.05, 0) is 48.9 Å². The van der Waals surface area contributed by atoms with Gasteiger partial charge in [0, 0.05) is 11.3 Å². The highest BCUT2D eigenvalue weighted by atomic mass is 32.1. The van der Waals surface area contributed by atoms with Crippen molar-refractivity contribution in [3.05, 3.63) is 115 Å². The largest absolute Gasteiger partial charge is 0.465 e. The Morgan fingerprint density at radius 3 is 2.57 bits per heavy atom. The first kappa shape index (κ1) is 21.5. The Morgan fingerprint density at radius 2 is 1.80 bits per heavy atom. The first-order valence-electron chi connectivity index (χ1n) is 11.2. The number of fused-ring (bicyclic) bond motifs is 6. The van der Waals surface area contributed by atoms with Gasteiger partial charge in [-0.3, -0.25) is 14.2 Å². The average molecular weight is 486 g/mol. The zero-order chi connectivity index (χ0) is 24.2. The Kier molecular flexibility index (Phi) is 4.93. The number of anilines is 1. The van der Waals surface area contributed by atoms with Crippen molar-refractivity contribution in [2.75, 3.05) is 5.32 Å². The Bertz CT molecular complexity index is 1630. The zero-order valence-electron chi connectivity index (χ0n) is 18.6. The molecule has 1 aromatic heterocycles. The van der Waals surface area contributed by atoms with Crippen LogP contribution in [0.1, 0.15) is 24.1 Å². The molecule has 8 heteroatoms. The lowest BCUT2D eigenvalue weighted by atomic mass is 9.80. The number of amides is 1. The summed E-state index contributed by atoms with van der Waals surface area (Å²) in [7, 11) is 0. The number of aromatic nitrogens is 1. The molecule has 6 rings (SSSR count). The van der Waals surface area contributed by atoms with Gasteiger partial charge in [0.2, 0.25) is 11.6 Å². The molecule has 0 radical (unpaired) electrons. The summed E-state index contributed by atoms with van der Waals surface area (Å²) in [5, 5.41) is 2.96. The van der Waals surface area contributed by atoms with Crippen molar-refractivity contribution in [2.45, 2.75) is 18.7 Å². The fourth-order valence-electron chi connectivity index (χ4n) is 4.80. The number of ether oxygens (including phenoxy) is 1. The molecule has 6 nitrogen and oxygen atoms in total. The van der Waals surface area contributed by atoms with E-state index in [1.165, 1.54) is 23.5 Å². The van der Waals surface area contributed by atoms with Gasteiger partial charge in [0.05, 0.1) is 10.6 Å². The van der Waals surface area contributed by atoms with E-state index < -0.39 is 17.7 Å². The van der Waals surface area contributed by atoms with Gasteiger partial charge in [0.15, 0.2) is 4.80 Å². The molecule has 2 aliphatic rings. The molecule has 3 atom stereocenters. The van der Waals surface area contributed by atoms with Crippen molar-refractivity contribution in [2.24, 2.45) is 10.9 Å². The molecule has 4 aromatic rings. The number of hydrogen-bond acceptors (Lipinski definition) is 5. The molecule has 0 aliphatic carbocycles. The van der Waals surface area contributed by atoms with Gasteiger partial charge in [-0.2, -0.15) is 0 Å². The molecule has 1 amide bonds. The molecular formula is C27H20FN3O3S. The van der Waals surface area contributed by atoms with E-state index >= 15 is 0 Å². The summed E-state index contributed by atoms with van der Waals surface area (Å²) in [4.78, 5) is 32.6. The van der Waals surface area contributed by atoms with Gasteiger partial charge in [-0.25, -0.2) is 9.38 Å². The summed E-state index contributed by atoms with van der Waals surface area (Å²) < 4.78 is 21.7. The minimum absolute atomic E-state index is 0.251. The lowest BCUT2D eigenvalue weighted by Gasteiger charge is -2.45. The standard InChI is InChI=1S/C27H20FN3O3S/c1-27-22(24(32)29-18-7-3-2-4-8-18)23(19-9-5-6-10-20(19)34-27)31-25(33)21(35-26(31)30-27)15-16-11-13-17(28)14-12-16/h2-15,22-23H,1H3,(H,29,32). The topological polar surface area (TPSA) is 72.7 Å². The van der Waals surface area contributed by atoms with Crippen LogP contribution in [0.4, 0.5) is 10.1 Å². The summed E-state index contributed by atoms with van der Waals surface area (Å²) >= 11 is 1.23. The number of thiazole rings is 1. The van der Waals surface area contributed by atoms with E-state index in [9.17, 15) is 14.0 Å². The number of nitrogens with one attached hydrogen (secondary N) is 1. The Hall–Kier alpha value is -4.04.